The quantitative estimate of drug-likeness (QED) is 0.193. The zero-order valence-corrected chi connectivity index (χ0v) is 26.5. The first kappa shape index (κ1) is 29.4. The van der Waals surface area contributed by atoms with E-state index in [-0.39, 0.29) is 0 Å². The van der Waals surface area contributed by atoms with E-state index in [2.05, 4.69) is 42.5 Å². The van der Waals surface area contributed by atoms with Gasteiger partial charge < -0.3 is 0 Å². The predicted molar refractivity (Wildman–Crippen MR) is 158 cm³/mol. The van der Waals surface area contributed by atoms with Crippen molar-refractivity contribution in [1.29, 1.82) is 0 Å². The van der Waals surface area contributed by atoms with Crippen molar-refractivity contribution in [3.63, 3.8) is 0 Å². The van der Waals surface area contributed by atoms with Crippen molar-refractivity contribution in [2.45, 2.75) is 152 Å². The third-order valence-corrected chi connectivity index (χ3v) is 13.8. The first-order chi connectivity index (χ1) is 20.8. The molecule has 9 nitrogen and oxygen atoms in total. The molecule has 9 aliphatic rings. The summed E-state index contributed by atoms with van der Waals surface area (Å²) in [6, 6.07) is 0. The molecule has 237 valence electrons. The predicted octanol–water partition coefficient (Wildman–Crippen LogP) is 2.48. The molecule has 0 amide bonds. The van der Waals surface area contributed by atoms with Gasteiger partial charge in [0.25, 0.3) is 0 Å². The molecule has 0 spiro atoms. The van der Waals surface area contributed by atoms with Crippen LogP contribution >= 0.6 is 0 Å². The van der Waals surface area contributed by atoms with E-state index in [4.69, 9.17) is 3.83 Å². The maximum atomic E-state index is 8.06. The summed E-state index contributed by atoms with van der Waals surface area (Å²) in [5.41, 5.74) is 0. The Balaban J connectivity index is 0.00000131. The first-order valence-electron chi connectivity index (χ1n) is 18.0. The molecule has 42 heavy (non-hydrogen) atoms. The number of fused-ring (bicyclic) bond motifs is 20. The molecule has 5 saturated heterocycles. The van der Waals surface area contributed by atoms with Crippen LogP contribution in [0.2, 0.25) is 0 Å². The van der Waals surface area contributed by atoms with Crippen LogP contribution < -0.4 is 42.5 Å². The van der Waals surface area contributed by atoms with Crippen molar-refractivity contribution < 1.29 is 19.8 Å². The van der Waals surface area contributed by atoms with Gasteiger partial charge in [-0.3, -0.25) is 42.5 Å². The Labute approximate surface area is 261 Å². The fourth-order valence-electron chi connectivity index (χ4n) is 12.0. The second kappa shape index (κ2) is 12.7. The number of hydrogen-bond donors (Lipinski definition) is 8. The van der Waals surface area contributed by atoms with Gasteiger partial charge in [-0.2, -0.15) is 0 Å². The summed E-state index contributed by atoms with van der Waals surface area (Å²) >= 11 is 1.69. The Morgan fingerprint density at radius 1 is 0.262 bits per heavy atom. The molecular weight excluding hydrogens is 567 g/mol. The molecule has 0 aromatic rings. The van der Waals surface area contributed by atoms with Crippen LogP contribution in [-0.4, -0.2) is 49.3 Å². The molecule has 0 aromatic carbocycles. The summed E-state index contributed by atoms with van der Waals surface area (Å²) in [6.07, 6.45) is 25.6. The van der Waals surface area contributed by atoms with Crippen molar-refractivity contribution in [3.05, 3.63) is 0 Å². The van der Waals surface area contributed by atoms with Crippen LogP contribution in [0.3, 0.4) is 0 Å². The average molecular weight is 624 g/mol. The fourth-order valence-corrected chi connectivity index (χ4v) is 12.0. The summed E-state index contributed by atoms with van der Waals surface area (Å²) in [5, 5.41) is 33.8. The minimum absolute atomic E-state index is 0.420. The van der Waals surface area contributed by atoms with E-state index < -0.39 is 0 Å². The second-order valence-corrected chi connectivity index (χ2v) is 15.6. The van der Waals surface area contributed by atoms with Gasteiger partial charge in [-0.25, -0.2) is 0 Å². The maximum absolute atomic E-state index is 8.06. The summed E-state index contributed by atoms with van der Waals surface area (Å²) in [7, 11) is 0. The Bertz CT molecular complexity index is 738. The number of rotatable bonds is 0. The zero-order chi connectivity index (χ0) is 28.2. The molecule has 4 saturated carbocycles. The molecule has 9 rings (SSSR count). The van der Waals surface area contributed by atoms with E-state index in [1.54, 1.807) is 15.9 Å². The SMILES string of the molecule is C1CCC2C3NC(NC4NC(NC5NC(NC6NC(N3)C3CCCCC63)C3CCCCC53)C3CCCCC43)C2C1.[O]=[Mn]. The Hall–Kier alpha value is -0.000519. The van der Waals surface area contributed by atoms with Gasteiger partial charge in [0.1, 0.15) is 0 Å². The van der Waals surface area contributed by atoms with Crippen LogP contribution in [0.4, 0.5) is 0 Å². The average Bonchev–Trinajstić information content (AvgIpc) is 3.78. The van der Waals surface area contributed by atoms with Crippen LogP contribution in [0.5, 0.6) is 0 Å². The third-order valence-electron chi connectivity index (χ3n) is 13.8. The van der Waals surface area contributed by atoms with Gasteiger partial charge in [0.05, 0.1) is 49.3 Å². The summed E-state index contributed by atoms with van der Waals surface area (Å²) in [5.74, 6) is 5.97. The van der Waals surface area contributed by atoms with Crippen molar-refractivity contribution in [2.24, 2.45) is 47.3 Å². The molecular formula is C32H56MnN8O. The van der Waals surface area contributed by atoms with E-state index >= 15 is 0 Å². The summed E-state index contributed by atoms with van der Waals surface area (Å²) in [4.78, 5) is 0. The van der Waals surface area contributed by atoms with Crippen LogP contribution in [-0.2, 0) is 19.8 Å². The molecule has 8 unspecified atom stereocenters. The molecule has 4 aliphatic carbocycles. The van der Waals surface area contributed by atoms with Gasteiger partial charge in [-0.1, -0.05) is 51.4 Å². The minimum atomic E-state index is 0.420. The molecule has 5 heterocycles. The monoisotopic (exact) mass is 623 g/mol. The van der Waals surface area contributed by atoms with Crippen molar-refractivity contribution in [3.8, 4) is 0 Å². The number of nitrogens with one attached hydrogen (secondary N) is 8. The molecule has 8 N–H and O–H groups in total. The Morgan fingerprint density at radius 3 is 0.500 bits per heavy atom. The van der Waals surface area contributed by atoms with E-state index in [1.165, 1.54) is 103 Å². The Morgan fingerprint density at radius 2 is 0.381 bits per heavy atom. The van der Waals surface area contributed by atoms with Crippen LogP contribution in [0.25, 0.3) is 0 Å². The van der Waals surface area contributed by atoms with Gasteiger partial charge in [0.2, 0.25) is 0 Å². The van der Waals surface area contributed by atoms with Crippen LogP contribution in [0.15, 0.2) is 0 Å². The van der Waals surface area contributed by atoms with Crippen molar-refractivity contribution >= 4 is 0 Å². The molecule has 0 radical (unpaired) electrons. The van der Waals surface area contributed by atoms with E-state index in [9.17, 15) is 0 Å². The molecule has 5 aliphatic heterocycles. The fraction of sp³-hybridized carbons (Fsp3) is 1.00. The summed E-state index contributed by atoms with van der Waals surface area (Å²) in [6.45, 7) is 0. The first-order valence-corrected chi connectivity index (χ1v) is 18.5. The van der Waals surface area contributed by atoms with Gasteiger partial charge in [-0.05, 0) is 98.7 Å². The van der Waals surface area contributed by atoms with E-state index in [1.807, 2.05) is 0 Å². The molecule has 8 atom stereocenters. The topological polar surface area (TPSA) is 113 Å². The molecule has 9 fully saturated rings. The van der Waals surface area contributed by atoms with Crippen LogP contribution in [0, 0.1) is 47.3 Å². The van der Waals surface area contributed by atoms with Crippen LogP contribution in [0.1, 0.15) is 103 Å². The zero-order valence-electron chi connectivity index (χ0n) is 25.3. The number of hydrogen-bond acceptors (Lipinski definition) is 9. The standard InChI is InChI=1S/C32H56N8.Mn.O/c1-2-10-18-17(9-1)25-33-26(18)38-28-21-13-5-6-14-22(21)30(35-28)40-32-24-16-8-7-15-23(24)31(36-32)39-29-20-12-4-3-11-19(20)27(34-29)37-25;;/h17-40H,1-16H2;;. The van der Waals surface area contributed by atoms with Crippen molar-refractivity contribution in [1.82, 2.24) is 42.5 Å². The summed E-state index contributed by atoms with van der Waals surface area (Å²) < 4.78 is 8.06. The Kier molecular flexibility index (Phi) is 8.86. The normalized spacial score (nSPS) is 55.0. The van der Waals surface area contributed by atoms with E-state index in [0.29, 0.717) is 49.3 Å². The molecule has 8 bridgehead atoms. The van der Waals surface area contributed by atoms with Gasteiger partial charge in [-0.15, -0.1) is 0 Å². The second-order valence-electron chi connectivity index (χ2n) is 15.6. The van der Waals surface area contributed by atoms with Gasteiger partial charge >= 0.3 is 19.8 Å². The van der Waals surface area contributed by atoms with Gasteiger partial charge in [0, 0.05) is 0 Å². The third kappa shape index (κ3) is 5.22. The van der Waals surface area contributed by atoms with E-state index in [0.717, 1.165) is 47.3 Å². The molecule has 0 aromatic heterocycles. The molecule has 10 heteroatoms. The van der Waals surface area contributed by atoms with Crippen molar-refractivity contribution in [2.75, 3.05) is 0 Å². The van der Waals surface area contributed by atoms with Gasteiger partial charge in [0.15, 0.2) is 0 Å².